The summed E-state index contributed by atoms with van der Waals surface area (Å²) in [6, 6.07) is 22.1. The number of nitrogens with one attached hydrogen (secondary N) is 3. The summed E-state index contributed by atoms with van der Waals surface area (Å²) in [5.41, 5.74) is 6.11. The van der Waals surface area contributed by atoms with Crippen molar-refractivity contribution in [2.75, 3.05) is 62.7 Å². The molecule has 2 fully saturated rings. The van der Waals surface area contributed by atoms with E-state index in [2.05, 4.69) is 55.8 Å². The van der Waals surface area contributed by atoms with Gasteiger partial charge in [0.2, 0.25) is 0 Å². The summed E-state index contributed by atoms with van der Waals surface area (Å²) < 4.78 is 41.2. The van der Waals surface area contributed by atoms with Crippen molar-refractivity contribution in [3.63, 3.8) is 0 Å². The molecule has 0 radical (unpaired) electrons. The van der Waals surface area contributed by atoms with Crippen molar-refractivity contribution in [3.8, 4) is 11.5 Å². The number of nitro benzene ring substituents is 1. The van der Waals surface area contributed by atoms with Crippen LogP contribution in [0.15, 0.2) is 95.7 Å². The molecule has 3 aliphatic rings. The van der Waals surface area contributed by atoms with E-state index in [-0.39, 0.29) is 28.3 Å². The average molecular weight is 854 g/mol. The van der Waals surface area contributed by atoms with Gasteiger partial charge in [-0.05, 0) is 90.8 Å². The van der Waals surface area contributed by atoms with Crippen molar-refractivity contribution in [1.82, 2.24) is 19.6 Å². The Labute approximate surface area is 354 Å². The van der Waals surface area contributed by atoms with E-state index in [0.717, 1.165) is 80.7 Å². The Morgan fingerprint density at radius 1 is 1.05 bits per heavy atom. The normalized spacial score (nSPS) is 18.4. The van der Waals surface area contributed by atoms with Crippen LogP contribution in [0, 0.1) is 21.4 Å². The number of rotatable bonds is 13. The fourth-order valence-electron chi connectivity index (χ4n) is 8.23. The lowest BCUT2D eigenvalue weighted by molar-refractivity contribution is -0.384. The average Bonchev–Trinajstić information content (AvgIpc) is 3.94. The third kappa shape index (κ3) is 9.29. The molecule has 1 atom stereocenters. The van der Waals surface area contributed by atoms with Crippen LogP contribution in [-0.2, 0) is 14.8 Å². The molecule has 3 heterocycles. The van der Waals surface area contributed by atoms with Gasteiger partial charge < -0.3 is 24.7 Å². The van der Waals surface area contributed by atoms with Gasteiger partial charge in [0, 0.05) is 74.6 Å². The van der Waals surface area contributed by atoms with Crippen LogP contribution in [0.5, 0.6) is 11.5 Å². The van der Waals surface area contributed by atoms with Crippen LogP contribution in [0.25, 0.3) is 16.6 Å². The topological polar surface area (TPSA) is 172 Å². The molecule has 2 aliphatic heterocycles. The number of para-hydroxylation sites is 1. The van der Waals surface area contributed by atoms with Crippen LogP contribution in [0.2, 0.25) is 5.02 Å². The monoisotopic (exact) mass is 853 g/mol. The number of benzene rings is 4. The fraction of sp³-hybridized carbons (Fsp3) is 0.364. The van der Waals surface area contributed by atoms with E-state index in [9.17, 15) is 23.3 Å². The molecule has 0 spiro atoms. The summed E-state index contributed by atoms with van der Waals surface area (Å²) >= 11 is 6.24. The number of ether oxygens (including phenoxy) is 2. The molecular formula is C44H48ClN7O7S. The lowest BCUT2D eigenvalue weighted by Crippen LogP contribution is -2.47. The number of carbonyl (C=O) groups is 1. The van der Waals surface area contributed by atoms with Gasteiger partial charge in [-0.2, -0.15) is 0 Å². The molecule has 8 rings (SSSR count). The summed E-state index contributed by atoms with van der Waals surface area (Å²) in [6.45, 7) is 10.2. The smallest absolute Gasteiger partial charge is 0.293 e. The van der Waals surface area contributed by atoms with Crippen LogP contribution in [0.3, 0.4) is 0 Å². The van der Waals surface area contributed by atoms with Crippen LogP contribution in [0.1, 0.15) is 55.5 Å². The second-order valence-corrected chi connectivity index (χ2v) is 18.6. The van der Waals surface area contributed by atoms with Crippen LogP contribution < -0.4 is 19.7 Å². The minimum absolute atomic E-state index is 0.0399. The predicted molar refractivity (Wildman–Crippen MR) is 232 cm³/mol. The van der Waals surface area contributed by atoms with E-state index in [1.165, 1.54) is 28.8 Å². The lowest BCUT2D eigenvalue weighted by Gasteiger charge is -2.39. The zero-order chi connectivity index (χ0) is 42.0. The summed E-state index contributed by atoms with van der Waals surface area (Å²) in [7, 11) is -4.56. The number of nitro groups is 1. The Balaban J connectivity index is 1.02. The van der Waals surface area contributed by atoms with E-state index in [1.807, 2.05) is 18.2 Å². The molecule has 1 aromatic heterocycles. The van der Waals surface area contributed by atoms with Gasteiger partial charge in [-0.25, -0.2) is 18.1 Å². The highest BCUT2D eigenvalue weighted by molar-refractivity contribution is 7.90. The standard InChI is InChI=1S/C44H48ClN7O7S/c1-44(2)16-14-31(36(24-44)30-6-8-32(45)9-7-30)26-50-17-19-51(20-18-50)33-10-12-35(41(22-33)59-40-5-3-4-38-42(40)48-28-47-38)43(53)49-60(56,57)34-11-13-37(39(23-34)52(54)55)46-25-29-15-21-58-27-29/h3-13,22-23,28-29,46H,14-21,24-27H2,1-2H3,(H,47,48)(H,49,53). The van der Waals surface area contributed by atoms with Crippen molar-refractivity contribution < 1.29 is 27.6 Å². The second-order valence-electron chi connectivity index (χ2n) is 16.5. The zero-order valence-corrected chi connectivity index (χ0v) is 35.2. The summed E-state index contributed by atoms with van der Waals surface area (Å²) in [5, 5.41) is 15.8. The molecule has 2 saturated heterocycles. The number of carbonyl (C=O) groups excluding carboxylic acids is 1. The number of anilines is 2. The van der Waals surface area contributed by atoms with Crippen LogP contribution in [-0.4, -0.2) is 86.6 Å². The molecule has 5 aromatic rings. The number of amides is 1. The lowest BCUT2D eigenvalue weighted by atomic mass is 9.72. The number of halogens is 1. The Kier molecular flexibility index (Phi) is 11.9. The van der Waals surface area contributed by atoms with Crippen LogP contribution in [0.4, 0.5) is 17.1 Å². The van der Waals surface area contributed by atoms with Crippen molar-refractivity contribution in [3.05, 3.63) is 117 Å². The number of sulfonamides is 1. The molecular weight excluding hydrogens is 806 g/mol. The summed E-state index contributed by atoms with van der Waals surface area (Å²) in [4.78, 5) is 37.0. The fourth-order valence-corrected chi connectivity index (χ4v) is 9.34. The zero-order valence-electron chi connectivity index (χ0n) is 33.6. The van der Waals surface area contributed by atoms with Crippen molar-refractivity contribution >= 4 is 61.2 Å². The second kappa shape index (κ2) is 17.2. The van der Waals surface area contributed by atoms with Crippen molar-refractivity contribution in [1.29, 1.82) is 0 Å². The van der Waals surface area contributed by atoms with Gasteiger partial charge in [0.15, 0.2) is 5.75 Å². The maximum Gasteiger partial charge on any atom is 0.293 e. The molecule has 0 bridgehead atoms. The number of fused-ring (bicyclic) bond motifs is 1. The first-order valence-corrected chi connectivity index (χ1v) is 22.0. The minimum atomic E-state index is -4.56. The maximum atomic E-state index is 13.9. The molecule has 1 unspecified atom stereocenters. The van der Waals surface area contributed by atoms with Gasteiger partial charge in [-0.1, -0.05) is 49.2 Å². The molecule has 16 heteroatoms. The number of allylic oxidation sites excluding steroid dienone is 1. The predicted octanol–water partition coefficient (Wildman–Crippen LogP) is 8.27. The molecule has 3 N–H and O–H groups in total. The molecule has 14 nitrogen and oxygen atoms in total. The first kappa shape index (κ1) is 41.3. The van der Waals surface area contributed by atoms with Gasteiger partial charge >= 0.3 is 0 Å². The summed E-state index contributed by atoms with van der Waals surface area (Å²) in [5.74, 6) is -0.271. The highest BCUT2D eigenvalue weighted by Crippen LogP contribution is 2.43. The Morgan fingerprint density at radius 2 is 1.85 bits per heavy atom. The van der Waals surface area contributed by atoms with Crippen LogP contribution >= 0.6 is 11.6 Å². The van der Waals surface area contributed by atoms with Gasteiger partial charge in [0.05, 0.1) is 33.8 Å². The maximum absolute atomic E-state index is 13.9. The van der Waals surface area contributed by atoms with E-state index >= 15 is 0 Å². The number of nitrogens with zero attached hydrogens (tertiary/aromatic N) is 4. The first-order chi connectivity index (χ1) is 28.8. The Bertz CT molecular complexity index is 2550. The first-order valence-electron chi connectivity index (χ1n) is 20.2. The quantitative estimate of drug-likeness (QED) is 0.0769. The van der Waals surface area contributed by atoms with Crippen molar-refractivity contribution in [2.24, 2.45) is 11.3 Å². The number of imidazole rings is 1. The van der Waals surface area contributed by atoms with Gasteiger partial charge in [-0.3, -0.25) is 19.8 Å². The largest absolute Gasteiger partial charge is 0.454 e. The SMILES string of the molecule is CC1(C)CCC(CN2CCN(c3ccc(C(=O)NS(=O)(=O)c4ccc(NCC5CCOC5)c([N+](=O)[O-])c4)c(Oc4cccc5[nH]cnc45)c3)CC2)=C(c2ccc(Cl)cc2)C1. The molecule has 0 saturated carbocycles. The van der Waals surface area contributed by atoms with E-state index in [0.29, 0.717) is 31.0 Å². The Hall–Kier alpha value is -5.48. The molecule has 314 valence electrons. The molecule has 1 amide bonds. The van der Waals surface area contributed by atoms with E-state index < -0.39 is 31.4 Å². The number of piperazine rings is 1. The highest BCUT2D eigenvalue weighted by atomic mass is 35.5. The Morgan fingerprint density at radius 3 is 2.60 bits per heavy atom. The number of aromatic amines is 1. The number of aromatic nitrogens is 2. The van der Waals surface area contributed by atoms with Gasteiger partial charge in [0.25, 0.3) is 21.6 Å². The number of H-pyrrole nitrogens is 1. The minimum Gasteiger partial charge on any atom is -0.454 e. The van der Waals surface area contributed by atoms with E-state index in [4.69, 9.17) is 21.1 Å². The number of hydrogen-bond acceptors (Lipinski definition) is 11. The molecule has 1 aliphatic carbocycles. The van der Waals surface area contributed by atoms with Gasteiger partial charge in [-0.15, -0.1) is 0 Å². The van der Waals surface area contributed by atoms with Crippen molar-refractivity contribution in [2.45, 2.75) is 44.4 Å². The highest BCUT2D eigenvalue weighted by Gasteiger charge is 2.31. The third-order valence-corrected chi connectivity index (χ3v) is 13.3. The molecule has 60 heavy (non-hydrogen) atoms. The third-order valence-electron chi connectivity index (χ3n) is 11.7. The summed E-state index contributed by atoms with van der Waals surface area (Å²) in [6.07, 6.45) is 5.56. The van der Waals surface area contributed by atoms with E-state index in [1.54, 1.807) is 36.7 Å². The number of hydrogen-bond donors (Lipinski definition) is 3. The van der Waals surface area contributed by atoms with Gasteiger partial charge in [0.1, 0.15) is 17.0 Å². The molecule has 4 aromatic carbocycles.